The smallest absolute Gasteiger partial charge is 0.411 e. The van der Waals surface area contributed by atoms with Crippen LogP contribution < -0.4 is 0 Å². The highest BCUT2D eigenvalue weighted by atomic mass is 32.1. The number of rotatable bonds is 4. The number of thiol groups is 1. The molecule has 10 heteroatoms. The second-order valence-electron chi connectivity index (χ2n) is 6.99. The van der Waals surface area contributed by atoms with Crippen molar-refractivity contribution in [1.82, 2.24) is 25.1 Å². The number of likely N-dealkylation sites (tertiary alicyclic amines) is 1. The summed E-state index contributed by atoms with van der Waals surface area (Å²) in [5.74, 6) is -0.289. The van der Waals surface area contributed by atoms with Crippen LogP contribution in [-0.4, -0.2) is 62.0 Å². The lowest BCUT2D eigenvalue weighted by Crippen LogP contribution is -2.52. The minimum Gasteiger partial charge on any atom is -0.464 e. The highest BCUT2D eigenvalue weighted by Crippen LogP contribution is 2.27. The number of piperidine rings is 1. The first-order chi connectivity index (χ1) is 11.7. The molecule has 1 aromatic heterocycles. The van der Waals surface area contributed by atoms with Gasteiger partial charge in [0.05, 0.1) is 6.61 Å². The second-order valence-corrected chi connectivity index (χ2v) is 7.39. The molecule has 2 atom stereocenters. The molecular formula is C15H25N5O4S. The minimum absolute atomic E-state index is 0.127. The van der Waals surface area contributed by atoms with Crippen LogP contribution >= 0.6 is 12.6 Å². The molecule has 1 aliphatic rings. The Labute approximate surface area is 152 Å². The Morgan fingerprint density at radius 3 is 2.64 bits per heavy atom. The zero-order chi connectivity index (χ0) is 18.6. The van der Waals surface area contributed by atoms with Gasteiger partial charge in [-0.25, -0.2) is 14.3 Å². The minimum atomic E-state index is -0.673. The summed E-state index contributed by atoms with van der Waals surface area (Å²) in [6.07, 6.45) is 0.675. The molecule has 9 nitrogen and oxygen atoms in total. The average molecular weight is 371 g/mol. The van der Waals surface area contributed by atoms with Crippen LogP contribution in [0.5, 0.6) is 0 Å². The van der Waals surface area contributed by atoms with E-state index in [0.717, 1.165) is 0 Å². The van der Waals surface area contributed by atoms with Gasteiger partial charge in [-0.2, -0.15) is 0 Å². The van der Waals surface area contributed by atoms with Gasteiger partial charge in [-0.05, 0) is 56.9 Å². The maximum absolute atomic E-state index is 12.5. The zero-order valence-electron chi connectivity index (χ0n) is 15.0. The molecule has 2 heterocycles. The van der Waals surface area contributed by atoms with E-state index in [-0.39, 0.29) is 12.5 Å². The van der Waals surface area contributed by atoms with Gasteiger partial charge in [-0.1, -0.05) is 0 Å². The van der Waals surface area contributed by atoms with Gasteiger partial charge in [-0.15, -0.1) is 17.7 Å². The number of carbonyl (C=O) groups excluding carboxylic acids is 2. The van der Waals surface area contributed by atoms with E-state index in [1.807, 2.05) is 0 Å². The second kappa shape index (κ2) is 8.03. The Kier molecular flexibility index (Phi) is 6.26. The van der Waals surface area contributed by atoms with Crippen molar-refractivity contribution in [3.05, 3.63) is 0 Å². The van der Waals surface area contributed by atoms with Crippen LogP contribution in [0.3, 0.4) is 0 Å². The number of ether oxygens (including phenoxy) is 2. The number of nitrogens with zero attached hydrogens (tertiary/aromatic N) is 5. The quantitative estimate of drug-likeness (QED) is 0.633. The van der Waals surface area contributed by atoms with Crippen molar-refractivity contribution < 1.29 is 19.1 Å². The maximum atomic E-state index is 12.5. The van der Waals surface area contributed by atoms with Crippen LogP contribution in [0.4, 0.5) is 4.79 Å². The summed E-state index contributed by atoms with van der Waals surface area (Å²) in [6.45, 7) is 8.33. The Morgan fingerprint density at radius 2 is 2.08 bits per heavy atom. The van der Waals surface area contributed by atoms with Crippen LogP contribution in [0.15, 0.2) is 5.16 Å². The molecule has 0 radical (unpaired) electrons. The molecule has 140 valence electrons. The number of carbonyl (C=O) groups is 2. The summed E-state index contributed by atoms with van der Waals surface area (Å²) in [7, 11) is 0. The zero-order valence-corrected chi connectivity index (χ0v) is 15.9. The third-order valence-electron chi connectivity index (χ3n) is 3.84. The molecule has 1 aromatic rings. The molecule has 1 amide bonds. The molecule has 0 bridgehead atoms. The van der Waals surface area contributed by atoms with E-state index in [1.54, 1.807) is 32.4 Å². The van der Waals surface area contributed by atoms with E-state index < -0.39 is 23.7 Å². The van der Waals surface area contributed by atoms with Crippen molar-refractivity contribution >= 4 is 24.7 Å². The number of amides is 1. The summed E-state index contributed by atoms with van der Waals surface area (Å²) in [5, 5.41) is 11.6. The van der Waals surface area contributed by atoms with Gasteiger partial charge < -0.3 is 9.47 Å². The molecule has 0 N–H and O–H groups in total. The van der Waals surface area contributed by atoms with Crippen molar-refractivity contribution in [3.8, 4) is 0 Å². The largest absolute Gasteiger partial charge is 0.464 e. The maximum Gasteiger partial charge on any atom is 0.411 e. The third kappa shape index (κ3) is 5.32. The van der Waals surface area contributed by atoms with E-state index in [9.17, 15) is 9.59 Å². The van der Waals surface area contributed by atoms with Crippen molar-refractivity contribution in [2.75, 3.05) is 13.2 Å². The number of hydrogen-bond acceptors (Lipinski definition) is 8. The van der Waals surface area contributed by atoms with E-state index in [2.05, 4.69) is 28.2 Å². The predicted molar refractivity (Wildman–Crippen MR) is 91.2 cm³/mol. The summed E-state index contributed by atoms with van der Waals surface area (Å²) in [6, 6.07) is -0.673. The lowest BCUT2D eigenvalue weighted by molar-refractivity contribution is -0.151. The van der Waals surface area contributed by atoms with Crippen LogP contribution in [0.25, 0.3) is 0 Å². The van der Waals surface area contributed by atoms with Crippen LogP contribution in [0.2, 0.25) is 0 Å². The van der Waals surface area contributed by atoms with Crippen LogP contribution in [0.1, 0.15) is 40.5 Å². The molecule has 2 rings (SSSR count). The van der Waals surface area contributed by atoms with Crippen LogP contribution in [-0.2, 0) is 20.8 Å². The number of esters is 1. The molecule has 1 saturated heterocycles. The number of hydrogen-bond donors (Lipinski definition) is 1. The fraction of sp³-hybridized carbons (Fsp3) is 0.800. The third-order valence-corrected chi connectivity index (χ3v) is 4.16. The SMILES string of the molecule is CCOC(=O)C1CC(Cn2nnnc2S)CCN1C(=O)OC(C)(C)C. The molecular weight excluding hydrogens is 346 g/mol. The normalized spacial score (nSPS) is 21.1. The average Bonchev–Trinajstić information content (AvgIpc) is 2.91. The van der Waals surface area contributed by atoms with Gasteiger partial charge in [-0.3, -0.25) is 4.90 Å². The first-order valence-electron chi connectivity index (χ1n) is 8.32. The van der Waals surface area contributed by atoms with E-state index >= 15 is 0 Å². The van der Waals surface area contributed by atoms with E-state index in [4.69, 9.17) is 9.47 Å². The lowest BCUT2D eigenvalue weighted by Gasteiger charge is -2.38. The summed E-state index contributed by atoms with van der Waals surface area (Å²) >= 11 is 4.19. The van der Waals surface area contributed by atoms with Gasteiger partial charge in [0.2, 0.25) is 5.16 Å². The highest BCUT2D eigenvalue weighted by Gasteiger charge is 2.39. The Bertz CT molecular complexity index is 615. The van der Waals surface area contributed by atoms with Crippen molar-refractivity contribution in [2.24, 2.45) is 5.92 Å². The molecule has 0 aromatic carbocycles. The fourth-order valence-corrected chi connectivity index (χ4v) is 2.93. The fourth-order valence-electron chi connectivity index (χ4n) is 2.77. The van der Waals surface area contributed by atoms with Crippen LogP contribution in [0, 0.1) is 5.92 Å². The Hall–Kier alpha value is -1.84. The topological polar surface area (TPSA) is 99.4 Å². The molecule has 0 spiro atoms. The number of aromatic nitrogens is 4. The summed E-state index contributed by atoms with van der Waals surface area (Å²) < 4.78 is 12.2. The van der Waals surface area contributed by atoms with Gasteiger partial charge in [0.25, 0.3) is 0 Å². The van der Waals surface area contributed by atoms with Gasteiger partial charge in [0, 0.05) is 13.1 Å². The van der Waals surface area contributed by atoms with Crippen molar-refractivity contribution in [3.63, 3.8) is 0 Å². The number of tetrazole rings is 1. The molecule has 25 heavy (non-hydrogen) atoms. The highest BCUT2D eigenvalue weighted by molar-refractivity contribution is 7.80. The first-order valence-corrected chi connectivity index (χ1v) is 8.77. The molecule has 2 unspecified atom stereocenters. The lowest BCUT2D eigenvalue weighted by atomic mass is 9.91. The monoisotopic (exact) mass is 371 g/mol. The predicted octanol–water partition coefficient (Wildman–Crippen LogP) is 1.54. The molecule has 0 aliphatic carbocycles. The Morgan fingerprint density at radius 1 is 1.36 bits per heavy atom. The van der Waals surface area contributed by atoms with Gasteiger partial charge in [0.1, 0.15) is 11.6 Å². The Balaban J connectivity index is 2.10. The molecule has 1 fully saturated rings. The molecule has 1 aliphatic heterocycles. The van der Waals surface area contributed by atoms with Gasteiger partial charge >= 0.3 is 12.1 Å². The standard InChI is InChI=1S/C15H25N5O4S/c1-5-23-12(21)11-8-10(9-20-13(25)16-17-18-20)6-7-19(11)14(22)24-15(2,3)4/h10-11H,5-9H2,1-4H3,(H,16,18,25). The van der Waals surface area contributed by atoms with E-state index in [1.165, 1.54) is 4.90 Å². The van der Waals surface area contributed by atoms with Crippen molar-refractivity contribution in [2.45, 2.75) is 63.9 Å². The van der Waals surface area contributed by atoms with Gasteiger partial charge in [0.15, 0.2) is 0 Å². The summed E-state index contributed by atoms with van der Waals surface area (Å²) in [5.41, 5.74) is -0.625. The summed E-state index contributed by atoms with van der Waals surface area (Å²) in [4.78, 5) is 26.3. The van der Waals surface area contributed by atoms with E-state index in [0.29, 0.717) is 31.1 Å². The first kappa shape index (κ1) is 19.5. The van der Waals surface area contributed by atoms with Crippen molar-refractivity contribution in [1.29, 1.82) is 0 Å². The molecule has 0 saturated carbocycles.